The summed E-state index contributed by atoms with van der Waals surface area (Å²) in [5, 5.41) is 12.4. The van der Waals surface area contributed by atoms with Crippen LogP contribution in [0.5, 0.6) is 5.75 Å². The largest absolute Gasteiger partial charge is 0.508 e. The highest BCUT2D eigenvalue weighted by atomic mass is 16.3. The fraction of sp³-hybridized carbons (Fsp3) is 0.304. The Morgan fingerprint density at radius 1 is 1.08 bits per heavy atom. The van der Waals surface area contributed by atoms with Crippen molar-refractivity contribution in [1.82, 2.24) is 5.32 Å². The number of allylic oxidation sites excluding steroid dienone is 2. The highest BCUT2D eigenvalue weighted by Crippen LogP contribution is 2.29. The minimum atomic E-state index is 0.372. The molecular weight excluding hydrogens is 306 g/mol. The first-order chi connectivity index (χ1) is 12.3. The lowest BCUT2D eigenvalue weighted by Crippen LogP contribution is -2.09. The average Bonchev–Trinajstić information content (AvgIpc) is 2.70. The van der Waals surface area contributed by atoms with Crippen LogP contribution in [0.3, 0.4) is 0 Å². The van der Waals surface area contributed by atoms with Crippen molar-refractivity contribution in [2.24, 2.45) is 0 Å². The first kappa shape index (κ1) is 20.7. The van der Waals surface area contributed by atoms with E-state index in [0.717, 1.165) is 13.0 Å². The topological polar surface area (TPSA) is 32.3 Å². The second-order valence-electron chi connectivity index (χ2n) is 5.90. The van der Waals surface area contributed by atoms with E-state index < -0.39 is 0 Å². The van der Waals surface area contributed by atoms with Gasteiger partial charge in [-0.15, -0.1) is 13.2 Å². The van der Waals surface area contributed by atoms with Crippen molar-refractivity contribution >= 4 is 0 Å². The van der Waals surface area contributed by atoms with Crippen LogP contribution in [-0.4, -0.2) is 18.7 Å². The van der Waals surface area contributed by atoms with Gasteiger partial charge in [-0.05, 0) is 62.5 Å². The highest BCUT2D eigenvalue weighted by Gasteiger charge is 2.10. The number of hydrogen-bond donors (Lipinski definition) is 2. The minimum Gasteiger partial charge on any atom is -0.508 e. The predicted molar refractivity (Wildman–Crippen MR) is 109 cm³/mol. The smallest absolute Gasteiger partial charge is 0.115 e. The van der Waals surface area contributed by atoms with E-state index in [-0.39, 0.29) is 0 Å². The Kier molecular flexibility index (Phi) is 10.8. The Balaban J connectivity index is 0.000000235. The van der Waals surface area contributed by atoms with Crippen LogP contribution in [0.2, 0.25) is 0 Å². The normalized spacial score (nSPS) is 15.3. The zero-order valence-corrected chi connectivity index (χ0v) is 15.3. The molecule has 1 unspecified atom stereocenters. The van der Waals surface area contributed by atoms with Gasteiger partial charge in [0, 0.05) is 5.92 Å². The molecule has 0 fully saturated rings. The average molecular weight is 338 g/mol. The highest BCUT2D eigenvalue weighted by molar-refractivity contribution is 5.32. The number of phenolic OH excluding ortho intramolecular Hbond substituents is 1. The molecule has 0 saturated carbocycles. The second kappa shape index (κ2) is 13.0. The Labute approximate surface area is 152 Å². The summed E-state index contributed by atoms with van der Waals surface area (Å²) in [5.74, 6) is 0.886. The molecule has 1 aliphatic rings. The van der Waals surface area contributed by atoms with Gasteiger partial charge in [0.05, 0.1) is 0 Å². The van der Waals surface area contributed by atoms with Gasteiger partial charge in [0.25, 0.3) is 0 Å². The van der Waals surface area contributed by atoms with E-state index in [0.29, 0.717) is 11.7 Å². The van der Waals surface area contributed by atoms with E-state index in [2.05, 4.69) is 61.0 Å². The van der Waals surface area contributed by atoms with Crippen molar-refractivity contribution in [2.45, 2.75) is 31.6 Å². The van der Waals surface area contributed by atoms with Crippen molar-refractivity contribution in [2.75, 3.05) is 13.6 Å². The van der Waals surface area contributed by atoms with Crippen molar-refractivity contribution < 1.29 is 5.11 Å². The van der Waals surface area contributed by atoms with Gasteiger partial charge in [-0.2, -0.15) is 0 Å². The molecule has 0 bridgehead atoms. The molecule has 2 heteroatoms. The zero-order chi connectivity index (χ0) is 18.3. The van der Waals surface area contributed by atoms with Crippen LogP contribution in [0.1, 0.15) is 36.3 Å². The number of benzene rings is 2. The van der Waals surface area contributed by atoms with Gasteiger partial charge in [-0.25, -0.2) is 0 Å². The molecule has 2 aromatic rings. The summed E-state index contributed by atoms with van der Waals surface area (Å²) in [7, 11) is 1.98. The summed E-state index contributed by atoms with van der Waals surface area (Å²) < 4.78 is 0. The van der Waals surface area contributed by atoms with Gasteiger partial charge in [0.15, 0.2) is 0 Å². The Bertz CT molecular complexity index is 606. The van der Waals surface area contributed by atoms with Gasteiger partial charge < -0.3 is 10.4 Å². The quantitative estimate of drug-likeness (QED) is 0.725. The van der Waals surface area contributed by atoms with Crippen LogP contribution in [-0.2, 0) is 6.42 Å². The number of likely N-dealkylation sites (N-methyl/N-ethyl adjacent to an activating group) is 1. The molecule has 1 aliphatic carbocycles. The van der Waals surface area contributed by atoms with Gasteiger partial charge in [0.2, 0.25) is 0 Å². The predicted octanol–water partition coefficient (Wildman–Crippen LogP) is 5.47. The maximum Gasteiger partial charge on any atom is 0.115 e. The summed E-state index contributed by atoms with van der Waals surface area (Å²) in [6.07, 6.45) is 9.28. The molecule has 1 atom stereocenters. The number of hydrogen-bond acceptors (Lipinski definition) is 2. The minimum absolute atomic E-state index is 0.372. The van der Waals surface area contributed by atoms with Crippen molar-refractivity contribution in [3.05, 3.63) is 91.0 Å². The maximum absolute atomic E-state index is 9.32. The number of phenols is 1. The van der Waals surface area contributed by atoms with E-state index in [9.17, 15) is 5.11 Å². The van der Waals surface area contributed by atoms with E-state index in [1.165, 1.54) is 30.4 Å². The van der Waals surface area contributed by atoms with Gasteiger partial charge >= 0.3 is 0 Å². The number of rotatable bonds is 4. The third-order valence-corrected chi connectivity index (χ3v) is 4.06. The molecule has 0 heterocycles. The summed E-state index contributed by atoms with van der Waals surface area (Å²) >= 11 is 0. The monoisotopic (exact) mass is 337 g/mol. The third kappa shape index (κ3) is 8.37. The zero-order valence-electron chi connectivity index (χ0n) is 15.3. The van der Waals surface area contributed by atoms with Crippen molar-refractivity contribution in [3.63, 3.8) is 0 Å². The maximum atomic E-state index is 9.32. The lowest BCUT2D eigenvalue weighted by molar-refractivity contribution is 0.473. The van der Waals surface area contributed by atoms with Crippen LogP contribution in [0.15, 0.2) is 79.9 Å². The Morgan fingerprint density at radius 2 is 1.84 bits per heavy atom. The lowest BCUT2D eigenvalue weighted by atomic mass is 9.89. The molecule has 0 aromatic heterocycles. The van der Waals surface area contributed by atoms with E-state index in [1.807, 2.05) is 25.2 Å². The van der Waals surface area contributed by atoms with Gasteiger partial charge in [-0.3, -0.25) is 0 Å². The molecule has 2 nitrogen and oxygen atoms in total. The molecule has 2 N–H and O–H groups in total. The fourth-order valence-electron chi connectivity index (χ4n) is 2.76. The fourth-order valence-corrected chi connectivity index (χ4v) is 2.76. The Morgan fingerprint density at radius 3 is 2.44 bits per heavy atom. The summed E-state index contributed by atoms with van der Waals surface area (Å²) in [4.78, 5) is 0. The first-order valence-corrected chi connectivity index (χ1v) is 8.93. The van der Waals surface area contributed by atoms with E-state index in [1.54, 1.807) is 6.07 Å². The number of aromatic hydroxyl groups is 1. The van der Waals surface area contributed by atoms with Gasteiger partial charge in [-0.1, -0.05) is 54.6 Å². The lowest BCUT2D eigenvalue weighted by Gasteiger charge is -2.16. The Hall–Kier alpha value is -2.32. The van der Waals surface area contributed by atoms with E-state index in [4.69, 9.17) is 0 Å². The summed E-state index contributed by atoms with van der Waals surface area (Å²) in [6.45, 7) is 7.06. The molecule has 3 rings (SSSR count). The first-order valence-electron chi connectivity index (χ1n) is 8.93. The molecule has 0 aliphatic heterocycles. The molecule has 25 heavy (non-hydrogen) atoms. The molecule has 0 saturated heterocycles. The summed E-state index contributed by atoms with van der Waals surface area (Å²) in [5.41, 5.74) is 2.63. The number of nitrogens with one attached hydrogen (secondary N) is 1. The van der Waals surface area contributed by atoms with Crippen LogP contribution in [0.4, 0.5) is 0 Å². The molecule has 0 amide bonds. The van der Waals surface area contributed by atoms with Crippen LogP contribution < -0.4 is 5.32 Å². The SMILES string of the molecule is C=C.CNCCc1ccccc1.Oc1cccc(C2C=CCCC2)c1. The molecule has 134 valence electrons. The van der Waals surface area contributed by atoms with Crippen LogP contribution >= 0.6 is 0 Å². The summed E-state index contributed by atoms with van der Waals surface area (Å²) in [6, 6.07) is 18.1. The molecule has 2 aromatic carbocycles. The molecular formula is C23H31NO. The van der Waals surface area contributed by atoms with Crippen molar-refractivity contribution in [3.8, 4) is 5.75 Å². The standard InChI is InChI=1S/C12H14O.C9H13N.C2H4/c13-12-8-4-7-11(9-12)10-5-2-1-3-6-10;1-10-8-7-9-5-3-2-4-6-9;1-2/h2,4-5,7-10,13H,1,3,6H2;2-6,10H,7-8H2,1H3;1-2H2. The van der Waals surface area contributed by atoms with E-state index >= 15 is 0 Å². The van der Waals surface area contributed by atoms with Gasteiger partial charge in [0.1, 0.15) is 5.75 Å². The molecule has 0 spiro atoms. The second-order valence-corrected chi connectivity index (χ2v) is 5.90. The van der Waals surface area contributed by atoms with Crippen molar-refractivity contribution in [1.29, 1.82) is 0 Å². The van der Waals surface area contributed by atoms with Crippen LogP contribution in [0.25, 0.3) is 0 Å². The van der Waals surface area contributed by atoms with Crippen LogP contribution in [0, 0.1) is 0 Å². The third-order valence-electron chi connectivity index (χ3n) is 4.06. The molecule has 0 radical (unpaired) electrons.